The SMILES string of the molecule is C=C[C@@H](CCCCC)O[C@H]1O[C@@H](CO)[C@H](O)[C@@H](O)[C@@H]1O[C@H]1O[C@@H](CO[C@H]2OC[C@H](O)[C@@H](O)[C@@H]2O)[C@H](O)[C@@H](O)[C@@H]1O. The van der Waals surface area contributed by atoms with Crippen LogP contribution in [0.3, 0.4) is 0 Å². The van der Waals surface area contributed by atoms with Crippen LogP contribution in [-0.4, -0.2) is 158 Å². The van der Waals surface area contributed by atoms with Gasteiger partial charge in [0, 0.05) is 0 Å². The zero-order valence-electron chi connectivity index (χ0n) is 22.4. The predicted molar refractivity (Wildman–Crippen MR) is 132 cm³/mol. The molecule has 15 heteroatoms. The van der Waals surface area contributed by atoms with Gasteiger partial charge in [-0.05, 0) is 6.42 Å². The van der Waals surface area contributed by atoms with Crippen LogP contribution < -0.4 is 0 Å². The van der Waals surface area contributed by atoms with Gasteiger partial charge in [-0.2, -0.15) is 0 Å². The number of rotatable bonds is 13. The van der Waals surface area contributed by atoms with E-state index >= 15 is 0 Å². The highest BCUT2D eigenvalue weighted by molar-refractivity contribution is 4.95. The quantitative estimate of drug-likeness (QED) is 0.0746. The number of aliphatic hydroxyl groups is 9. The van der Waals surface area contributed by atoms with Crippen molar-refractivity contribution in [2.75, 3.05) is 19.8 Å². The van der Waals surface area contributed by atoms with Crippen molar-refractivity contribution in [2.45, 2.75) is 125 Å². The smallest absolute Gasteiger partial charge is 0.187 e. The van der Waals surface area contributed by atoms with Gasteiger partial charge < -0.3 is 74.4 Å². The lowest BCUT2D eigenvalue weighted by Crippen LogP contribution is -2.65. The fourth-order valence-corrected chi connectivity index (χ4v) is 4.76. The summed E-state index contributed by atoms with van der Waals surface area (Å²) in [5, 5.41) is 91.9. The molecule has 3 rings (SSSR count). The predicted octanol–water partition coefficient (Wildman–Crippen LogP) is -3.77. The molecule has 0 aromatic heterocycles. The lowest BCUT2D eigenvalue weighted by Gasteiger charge is -2.46. The fraction of sp³-hybridized carbons (Fsp3) is 0.920. The van der Waals surface area contributed by atoms with E-state index in [2.05, 4.69) is 6.58 Å². The average Bonchev–Trinajstić information content (AvgIpc) is 2.95. The summed E-state index contributed by atoms with van der Waals surface area (Å²) in [6, 6.07) is 0. The third-order valence-corrected chi connectivity index (χ3v) is 7.33. The number of aliphatic hydroxyl groups excluding tert-OH is 9. The molecule has 0 aromatic rings. The van der Waals surface area contributed by atoms with Crippen LogP contribution in [0.4, 0.5) is 0 Å². The summed E-state index contributed by atoms with van der Waals surface area (Å²) in [6.45, 7) is 4.32. The van der Waals surface area contributed by atoms with E-state index in [4.69, 9.17) is 28.4 Å². The zero-order valence-corrected chi connectivity index (χ0v) is 22.4. The molecule has 0 amide bonds. The van der Waals surface area contributed by atoms with Gasteiger partial charge in [-0.25, -0.2) is 0 Å². The average molecular weight is 585 g/mol. The lowest BCUT2D eigenvalue weighted by atomic mass is 9.97. The van der Waals surface area contributed by atoms with E-state index < -0.39 is 105 Å². The number of ether oxygens (including phenoxy) is 6. The van der Waals surface area contributed by atoms with Gasteiger partial charge >= 0.3 is 0 Å². The largest absolute Gasteiger partial charge is 0.394 e. The summed E-state index contributed by atoms with van der Waals surface area (Å²) in [7, 11) is 0. The summed E-state index contributed by atoms with van der Waals surface area (Å²) in [5.41, 5.74) is 0. The van der Waals surface area contributed by atoms with E-state index in [1.165, 1.54) is 0 Å². The maximum Gasteiger partial charge on any atom is 0.187 e. The van der Waals surface area contributed by atoms with Gasteiger partial charge in [-0.1, -0.05) is 32.3 Å². The van der Waals surface area contributed by atoms with E-state index in [9.17, 15) is 46.0 Å². The molecule has 0 radical (unpaired) electrons. The van der Waals surface area contributed by atoms with Crippen molar-refractivity contribution < 1.29 is 74.4 Å². The Morgan fingerprint density at radius 1 is 0.800 bits per heavy atom. The molecule has 0 saturated carbocycles. The highest BCUT2D eigenvalue weighted by atomic mass is 16.8. The van der Waals surface area contributed by atoms with Gasteiger partial charge in [0.25, 0.3) is 0 Å². The molecule has 9 N–H and O–H groups in total. The maximum absolute atomic E-state index is 10.8. The van der Waals surface area contributed by atoms with E-state index in [0.717, 1.165) is 19.3 Å². The Bertz CT molecular complexity index is 760. The number of unbranched alkanes of at least 4 members (excludes halogenated alkanes) is 2. The van der Waals surface area contributed by atoms with Gasteiger partial charge in [0.1, 0.15) is 67.1 Å². The number of hydrogen-bond donors (Lipinski definition) is 9. The van der Waals surface area contributed by atoms with E-state index in [0.29, 0.717) is 6.42 Å². The van der Waals surface area contributed by atoms with Crippen molar-refractivity contribution in [3.05, 3.63) is 12.7 Å². The van der Waals surface area contributed by atoms with E-state index in [-0.39, 0.29) is 6.61 Å². The molecule has 0 aliphatic carbocycles. The molecule has 3 fully saturated rings. The number of hydrogen-bond acceptors (Lipinski definition) is 15. The van der Waals surface area contributed by atoms with Crippen LogP contribution in [0.25, 0.3) is 0 Å². The van der Waals surface area contributed by atoms with Gasteiger partial charge in [0.15, 0.2) is 18.9 Å². The standard InChI is InChI=1S/C25H44O15/c1-3-5-6-7-11(4-2)37-25-22(19(32)16(29)13(8-26)38-25)40-24-21(34)18(31)17(30)14(39-24)10-36-23-20(33)15(28)12(27)9-35-23/h4,11-34H,2-3,5-10H2,1H3/t11-,12-,13-,14-,15+,16-,17-,18+,19+,20-,21-,22-,23+,24+,25-/m0/s1. The molecule has 0 spiro atoms. The molecular weight excluding hydrogens is 540 g/mol. The summed E-state index contributed by atoms with van der Waals surface area (Å²) in [6.07, 6.45) is -17.2. The van der Waals surface area contributed by atoms with Crippen LogP contribution in [0.2, 0.25) is 0 Å². The first-order valence-electron chi connectivity index (χ1n) is 13.6. The van der Waals surface area contributed by atoms with Crippen LogP contribution in [0.5, 0.6) is 0 Å². The zero-order chi connectivity index (χ0) is 29.6. The fourth-order valence-electron chi connectivity index (χ4n) is 4.76. The molecule has 3 aliphatic rings. The van der Waals surface area contributed by atoms with Gasteiger partial charge in [0.05, 0.1) is 25.9 Å². The Kier molecular flexibility index (Phi) is 13.1. The first kappa shape index (κ1) is 33.6. The Morgan fingerprint density at radius 2 is 1.45 bits per heavy atom. The van der Waals surface area contributed by atoms with Crippen molar-refractivity contribution in [2.24, 2.45) is 0 Å². The molecule has 40 heavy (non-hydrogen) atoms. The Balaban J connectivity index is 1.71. The van der Waals surface area contributed by atoms with Crippen LogP contribution in [-0.2, 0) is 28.4 Å². The monoisotopic (exact) mass is 584 g/mol. The Labute approximate surface area is 232 Å². The van der Waals surface area contributed by atoms with Gasteiger partial charge in [0.2, 0.25) is 0 Å². The van der Waals surface area contributed by atoms with Crippen LogP contribution in [0.1, 0.15) is 32.6 Å². The summed E-state index contributed by atoms with van der Waals surface area (Å²) in [4.78, 5) is 0. The van der Waals surface area contributed by atoms with E-state index in [1.54, 1.807) is 6.08 Å². The molecule has 0 unspecified atom stereocenters. The Morgan fingerprint density at radius 3 is 2.10 bits per heavy atom. The summed E-state index contributed by atoms with van der Waals surface area (Å²) in [5.74, 6) is 0. The third kappa shape index (κ3) is 7.94. The third-order valence-electron chi connectivity index (χ3n) is 7.33. The summed E-state index contributed by atoms with van der Waals surface area (Å²) < 4.78 is 33.6. The summed E-state index contributed by atoms with van der Waals surface area (Å²) >= 11 is 0. The van der Waals surface area contributed by atoms with Crippen molar-refractivity contribution in [3.8, 4) is 0 Å². The molecule has 15 nitrogen and oxygen atoms in total. The first-order chi connectivity index (χ1) is 19.0. The van der Waals surface area contributed by atoms with Gasteiger partial charge in [-0.3, -0.25) is 0 Å². The van der Waals surface area contributed by atoms with Crippen LogP contribution in [0, 0.1) is 0 Å². The molecule has 3 heterocycles. The highest BCUT2D eigenvalue weighted by Crippen LogP contribution is 2.31. The second-order valence-corrected chi connectivity index (χ2v) is 10.3. The minimum absolute atomic E-state index is 0.327. The second kappa shape index (κ2) is 15.6. The molecule has 3 aliphatic heterocycles. The van der Waals surface area contributed by atoms with Crippen molar-refractivity contribution in [1.29, 1.82) is 0 Å². The first-order valence-corrected chi connectivity index (χ1v) is 13.6. The minimum atomic E-state index is -1.82. The highest BCUT2D eigenvalue weighted by Gasteiger charge is 2.51. The van der Waals surface area contributed by atoms with Crippen LogP contribution in [0.15, 0.2) is 12.7 Å². The van der Waals surface area contributed by atoms with Crippen molar-refractivity contribution in [3.63, 3.8) is 0 Å². The van der Waals surface area contributed by atoms with Crippen molar-refractivity contribution >= 4 is 0 Å². The van der Waals surface area contributed by atoms with Crippen molar-refractivity contribution in [1.82, 2.24) is 0 Å². The van der Waals surface area contributed by atoms with E-state index in [1.807, 2.05) is 6.92 Å². The molecule has 0 bridgehead atoms. The molecule has 3 saturated heterocycles. The van der Waals surface area contributed by atoms with Gasteiger partial charge in [-0.15, -0.1) is 6.58 Å². The molecule has 234 valence electrons. The molecule has 0 aromatic carbocycles. The topological polar surface area (TPSA) is 237 Å². The maximum atomic E-state index is 10.8. The minimum Gasteiger partial charge on any atom is -0.394 e. The normalized spacial score (nSPS) is 45.2. The molecule has 15 atom stereocenters. The van der Waals surface area contributed by atoms with Crippen LogP contribution >= 0.6 is 0 Å². The molecular formula is C25H44O15. The lowest BCUT2D eigenvalue weighted by molar-refractivity contribution is -0.373. The Hall–Kier alpha value is -0.860. The second-order valence-electron chi connectivity index (χ2n) is 10.3.